The van der Waals surface area contributed by atoms with Gasteiger partial charge in [-0.2, -0.15) is 5.10 Å². The average Bonchev–Trinajstić information content (AvgIpc) is 2.53. The fraction of sp³-hybridized carbons (Fsp3) is 0.0714. The number of hydrogen-bond acceptors (Lipinski definition) is 6. The number of non-ortho nitro benzene ring substituents is 1. The van der Waals surface area contributed by atoms with Gasteiger partial charge in [-0.25, -0.2) is 5.43 Å². The smallest absolute Gasteiger partial charge is 0.271 e. The van der Waals surface area contributed by atoms with Crippen LogP contribution in [-0.4, -0.2) is 26.6 Å². The third-order valence-corrected chi connectivity index (χ3v) is 2.85. The maximum Gasteiger partial charge on any atom is 0.271 e. The van der Waals surface area contributed by atoms with E-state index in [1.807, 2.05) is 0 Å². The summed E-state index contributed by atoms with van der Waals surface area (Å²) in [5.74, 6) is -0.614. The van der Waals surface area contributed by atoms with Crippen molar-refractivity contribution in [2.45, 2.75) is 6.92 Å². The quantitative estimate of drug-likeness (QED) is 0.507. The lowest BCUT2D eigenvalue weighted by Gasteiger charge is -2.05. The predicted molar refractivity (Wildman–Crippen MR) is 78.7 cm³/mol. The molecule has 0 aliphatic carbocycles. The first-order valence-corrected chi connectivity index (χ1v) is 6.21. The minimum atomic E-state index is -0.578. The summed E-state index contributed by atoms with van der Waals surface area (Å²) in [5.41, 5.74) is 2.92. The SMILES string of the molecule is C/C(=N\NC(=O)c1ccncc1)c1cc([N+](=O)[O-])ccc1O. The van der Waals surface area contributed by atoms with Crippen LogP contribution < -0.4 is 5.43 Å². The molecule has 2 aromatic rings. The molecule has 22 heavy (non-hydrogen) atoms. The zero-order valence-electron chi connectivity index (χ0n) is 11.6. The van der Waals surface area contributed by atoms with Crippen LogP contribution in [0.1, 0.15) is 22.8 Å². The minimum Gasteiger partial charge on any atom is -0.507 e. The number of hydrogen-bond donors (Lipinski definition) is 2. The summed E-state index contributed by atoms with van der Waals surface area (Å²) < 4.78 is 0. The summed E-state index contributed by atoms with van der Waals surface area (Å²) >= 11 is 0. The van der Waals surface area contributed by atoms with Crippen molar-refractivity contribution in [3.63, 3.8) is 0 Å². The normalized spacial score (nSPS) is 11.0. The standard InChI is InChI=1S/C14H12N4O4/c1-9(12-8-11(18(21)22)2-3-13(12)19)16-17-14(20)10-4-6-15-7-5-10/h2-8,19H,1H3,(H,17,20)/b16-9+. The molecule has 1 heterocycles. The molecule has 0 atom stereocenters. The van der Waals surface area contributed by atoms with Crippen LogP contribution in [0.25, 0.3) is 0 Å². The topological polar surface area (TPSA) is 118 Å². The van der Waals surface area contributed by atoms with E-state index < -0.39 is 10.8 Å². The third kappa shape index (κ3) is 3.42. The number of amides is 1. The highest BCUT2D eigenvalue weighted by molar-refractivity contribution is 6.03. The van der Waals surface area contributed by atoms with Crippen LogP contribution >= 0.6 is 0 Å². The van der Waals surface area contributed by atoms with Crippen molar-refractivity contribution >= 4 is 17.3 Å². The van der Waals surface area contributed by atoms with Gasteiger partial charge in [0.2, 0.25) is 0 Å². The van der Waals surface area contributed by atoms with Crippen molar-refractivity contribution in [2.24, 2.45) is 5.10 Å². The Hall–Kier alpha value is -3.29. The number of nitrogens with zero attached hydrogens (tertiary/aromatic N) is 3. The van der Waals surface area contributed by atoms with Crippen LogP contribution in [0.4, 0.5) is 5.69 Å². The van der Waals surface area contributed by atoms with Crippen molar-refractivity contribution < 1.29 is 14.8 Å². The number of nitro groups is 1. The number of aromatic hydroxyl groups is 1. The molecule has 1 aromatic carbocycles. The summed E-state index contributed by atoms with van der Waals surface area (Å²) in [6.07, 6.45) is 2.94. The molecule has 0 aliphatic heterocycles. The predicted octanol–water partition coefficient (Wildman–Crippen LogP) is 1.85. The van der Waals surface area contributed by atoms with Crippen LogP contribution in [0, 0.1) is 10.1 Å². The van der Waals surface area contributed by atoms with Gasteiger partial charge in [0.1, 0.15) is 5.75 Å². The van der Waals surface area contributed by atoms with E-state index in [0.29, 0.717) is 5.56 Å². The van der Waals surface area contributed by atoms with Gasteiger partial charge in [0.05, 0.1) is 10.6 Å². The second-order valence-corrected chi connectivity index (χ2v) is 4.33. The minimum absolute atomic E-state index is 0.162. The van der Waals surface area contributed by atoms with Crippen LogP contribution in [0.15, 0.2) is 47.8 Å². The molecule has 0 unspecified atom stereocenters. The molecular formula is C14H12N4O4. The summed E-state index contributed by atoms with van der Waals surface area (Å²) in [4.78, 5) is 25.8. The zero-order valence-corrected chi connectivity index (χ0v) is 11.6. The molecule has 1 amide bonds. The summed E-state index contributed by atoms with van der Waals surface area (Å²) in [6, 6.07) is 6.61. The second-order valence-electron chi connectivity index (χ2n) is 4.33. The van der Waals surface area contributed by atoms with E-state index in [2.05, 4.69) is 15.5 Å². The van der Waals surface area contributed by atoms with Crippen LogP contribution in [0.5, 0.6) is 5.75 Å². The Morgan fingerprint density at radius 1 is 1.32 bits per heavy atom. The number of aromatic nitrogens is 1. The monoisotopic (exact) mass is 300 g/mol. The molecule has 112 valence electrons. The number of carbonyl (C=O) groups excluding carboxylic acids is 1. The highest BCUT2D eigenvalue weighted by Crippen LogP contribution is 2.23. The van der Waals surface area contributed by atoms with Gasteiger partial charge in [0, 0.05) is 35.7 Å². The van der Waals surface area contributed by atoms with Gasteiger partial charge in [-0.15, -0.1) is 0 Å². The van der Waals surface area contributed by atoms with E-state index >= 15 is 0 Å². The van der Waals surface area contributed by atoms with Crippen molar-refractivity contribution in [3.05, 3.63) is 64.0 Å². The zero-order chi connectivity index (χ0) is 16.1. The molecular weight excluding hydrogens is 288 g/mol. The largest absolute Gasteiger partial charge is 0.507 e. The Bertz CT molecular complexity index is 744. The van der Waals surface area contributed by atoms with Gasteiger partial charge in [-0.1, -0.05) is 0 Å². The van der Waals surface area contributed by atoms with Gasteiger partial charge in [-0.05, 0) is 25.1 Å². The number of pyridine rings is 1. The van der Waals surface area contributed by atoms with Crippen molar-refractivity contribution in [3.8, 4) is 5.75 Å². The molecule has 8 heteroatoms. The Morgan fingerprint density at radius 2 is 2.00 bits per heavy atom. The van der Waals surface area contributed by atoms with Crippen LogP contribution in [0.2, 0.25) is 0 Å². The van der Waals surface area contributed by atoms with E-state index in [-0.39, 0.29) is 22.7 Å². The summed E-state index contributed by atoms with van der Waals surface area (Å²) in [7, 11) is 0. The van der Waals surface area contributed by atoms with Crippen molar-refractivity contribution in [1.29, 1.82) is 0 Å². The van der Waals surface area contributed by atoms with E-state index in [4.69, 9.17) is 0 Å². The van der Waals surface area contributed by atoms with Crippen LogP contribution in [0.3, 0.4) is 0 Å². The number of hydrazone groups is 1. The molecule has 0 saturated carbocycles. The van der Waals surface area contributed by atoms with E-state index in [0.717, 1.165) is 0 Å². The molecule has 2 rings (SSSR count). The first kappa shape index (κ1) is 15.1. The Kier molecular flexibility index (Phi) is 4.42. The van der Waals surface area contributed by atoms with Gasteiger partial charge in [-0.3, -0.25) is 19.9 Å². The summed E-state index contributed by atoms with van der Waals surface area (Å²) in [6.45, 7) is 1.52. The number of nitro benzene ring substituents is 1. The number of carbonyl (C=O) groups is 1. The van der Waals surface area contributed by atoms with Gasteiger partial charge in [0.25, 0.3) is 11.6 Å². The molecule has 2 N–H and O–H groups in total. The Balaban J connectivity index is 2.21. The fourth-order valence-electron chi connectivity index (χ4n) is 1.69. The van der Waals surface area contributed by atoms with Gasteiger partial charge < -0.3 is 5.11 Å². The van der Waals surface area contributed by atoms with E-state index in [1.165, 1.54) is 49.6 Å². The molecule has 0 aliphatic rings. The van der Waals surface area contributed by atoms with E-state index in [9.17, 15) is 20.0 Å². The second kappa shape index (κ2) is 6.44. The number of phenolic OH excluding ortho intramolecular Hbond substituents is 1. The molecule has 0 saturated heterocycles. The molecule has 1 aromatic heterocycles. The van der Waals surface area contributed by atoms with Gasteiger partial charge >= 0.3 is 0 Å². The lowest BCUT2D eigenvalue weighted by Crippen LogP contribution is -2.19. The highest BCUT2D eigenvalue weighted by Gasteiger charge is 2.13. The maximum atomic E-state index is 11.8. The molecule has 0 fully saturated rings. The lowest BCUT2D eigenvalue weighted by molar-refractivity contribution is -0.384. The Morgan fingerprint density at radius 3 is 2.64 bits per heavy atom. The average molecular weight is 300 g/mol. The van der Waals surface area contributed by atoms with E-state index in [1.54, 1.807) is 0 Å². The third-order valence-electron chi connectivity index (χ3n) is 2.85. The highest BCUT2D eigenvalue weighted by atomic mass is 16.6. The number of benzene rings is 1. The molecule has 8 nitrogen and oxygen atoms in total. The van der Waals surface area contributed by atoms with Crippen molar-refractivity contribution in [1.82, 2.24) is 10.4 Å². The first-order valence-electron chi connectivity index (χ1n) is 6.21. The molecule has 0 bridgehead atoms. The number of phenols is 1. The first-order chi connectivity index (χ1) is 10.5. The lowest BCUT2D eigenvalue weighted by atomic mass is 10.1. The van der Waals surface area contributed by atoms with Crippen molar-refractivity contribution in [2.75, 3.05) is 0 Å². The van der Waals surface area contributed by atoms with Crippen LogP contribution in [-0.2, 0) is 0 Å². The Labute approximate surface area is 125 Å². The number of rotatable bonds is 4. The van der Waals surface area contributed by atoms with Gasteiger partial charge in [0.15, 0.2) is 0 Å². The molecule has 0 radical (unpaired) electrons. The fourth-order valence-corrected chi connectivity index (χ4v) is 1.69. The number of nitrogens with one attached hydrogen (secondary N) is 1. The molecule has 0 spiro atoms. The maximum absolute atomic E-state index is 11.8. The summed E-state index contributed by atoms with van der Waals surface area (Å²) in [5, 5.41) is 24.3.